The minimum atomic E-state index is -1.21. The third-order valence-corrected chi connectivity index (χ3v) is 4.28. The minimum Gasteiger partial charge on any atom is -0.496 e. The maximum atomic E-state index is 12.8. The summed E-state index contributed by atoms with van der Waals surface area (Å²) in [6.45, 7) is 6.66. The fourth-order valence-corrected chi connectivity index (χ4v) is 2.36. The van der Waals surface area contributed by atoms with E-state index in [9.17, 15) is 14.7 Å². The standard InChI is InChI=1S/C18H23N3O4/c1-17(2,13-8-6-7-9-14(13)25-5)15(22)20-12-10-19-21(11-12)18(3,4)16(23)24/h6-11H,1-5H3,(H,20,22)(H,23,24). The second-order valence-corrected chi connectivity index (χ2v) is 6.82. The maximum Gasteiger partial charge on any atom is 0.331 e. The lowest BCUT2D eigenvalue weighted by molar-refractivity contribution is -0.146. The van der Waals surface area contributed by atoms with Gasteiger partial charge in [-0.05, 0) is 33.8 Å². The first-order valence-corrected chi connectivity index (χ1v) is 7.84. The number of ether oxygens (including phenoxy) is 1. The summed E-state index contributed by atoms with van der Waals surface area (Å²) in [6.07, 6.45) is 2.94. The molecule has 1 aromatic carbocycles. The van der Waals surface area contributed by atoms with Gasteiger partial charge in [0.2, 0.25) is 5.91 Å². The summed E-state index contributed by atoms with van der Waals surface area (Å²) in [7, 11) is 1.56. The van der Waals surface area contributed by atoms with Gasteiger partial charge in [0.1, 0.15) is 5.75 Å². The largest absolute Gasteiger partial charge is 0.496 e. The van der Waals surface area contributed by atoms with E-state index in [1.807, 2.05) is 18.2 Å². The lowest BCUT2D eigenvalue weighted by Crippen LogP contribution is -2.36. The van der Waals surface area contributed by atoms with Crippen molar-refractivity contribution in [2.45, 2.75) is 38.6 Å². The average Bonchev–Trinajstić information content (AvgIpc) is 3.03. The SMILES string of the molecule is COc1ccccc1C(C)(C)C(=O)Nc1cnn(C(C)(C)C(=O)O)c1. The number of carboxylic acids is 1. The van der Waals surface area contributed by atoms with E-state index in [0.29, 0.717) is 11.4 Å². The van der Waals surface area contributed by atoms with Gasteiger partial charge in [-0.2, -0.15) is 5.10 Å². The Kier molecular flexibility index (Phi) is 4.87. The number of aliphatic carboxylic acids is 1. The van der Waals surface area contributed by atoms with Gasteiger partial charge in [0.25, 0.3) is 0 Å². The Bertz CT molecular complexity index is 793. The Labute approximate surface area is 146 Å². The van der Waals surface area contributed by atoms with Gasteiger partial charge in [-0.1, -0.05) is 18.2 Å². The molecule has 7 nitrogen and oxygen atoms in total. The van der Waals surface area contributed by atoms with Crippen molar-refractivity contribution < 1.29 is 19.4 Å². The Morgan fingerprint density at radius 3 is 2.44 bits per heavy atom. The lowest BCUT2D eigenvalue weighted by atomic mass is 9.83. The summed E-state index contributed by atoms with van der Waals surface area (Å²) < 4.78 is 6.65. The molecule has 1 amide bonds. The van der Waals surface area contributed by atoms with Gasteiger partial charge in [-0.25, -0.2) is 4.79 Å². The first-order chi connectivity index (χ1) is 11.6. The van der Waals surface area contributed by atoms with E-state index in [2.05, 4.69) is 10.4 Å². The average molecular weight is 345 g/mol. The molecular weight excluding hydrogens is 322 g/mol. The molecule has 0 saturated carbocycles. The van der Waals surface area contributed by atoms with E-state index in [4.69, 9.17) is 4.74 Å². The van der Waals surface area contributed by atoms with Crippen molar-refractivity contribution in [1.82, 2.24) is 9.78 Å². The summed E-state index contributed by atoms with van der Waals surface area (Å²) in [5, 5.41) is 16.1. The van der Waals surface area contributed by atoms with Crippen molar-refractivity contribution in [1.29, 1.82) is 0 Å². The number of anilines is 1. The van der Waals surface area contributed by atoms with E-state index < -0.39 is 16.9 Å². The molecule has 0 aliphatic heterocycles. The Balaban J connectivity index is 2.25. The van der Waals surface area contributed by atoms with E-state index in [-0.39, 0.29) is 5.91 Å². The summed E-state index contributed by atoms with van der Waals surface area (Å²) in [5.74, 6) is -0.627. The van der Waals surface area contributed by atoms with Crippen LogP contribution in [0.3, 0.4) is 0 Å². The van der Waals surface area contributed by atoms with Gasteiger partial charge >= 0.3 is 5.97 Å². The van der Waals surface area contributed by atoms with Crippen molar-refractivity contribution >= 4 is 17.6 Å². The third kappa shape index (κ3) is 3.50. The topological polar surface area (TPSA) is 93.5 Å². The Hall–Kier alpha value is -2.83. The van der Waals surface area contributed by atoms with Crippen molar-refractivity contribution in [2.75, 3.05) is 12.4 Å². The third-order valence-electron chi connectivity index (χ3n) is 4.28. The molecule has 0 saturated heterocycles. The molecule has 25 heavy (non-hydrogen) atoms. The fourth-order valence-electron chi connectivity index (χ4n) is 2.36. The minimum absolute atomic E-state index is 0.246. The van der Waals surface area contributed by atoms with E-state index in [1.54, 1.807) is 27.0 Å². The van der Waals surface area contributed by atoms with Crippen LogP contribution < -0.4 is 10.1 Å². The molecule has 0 unspecified atom stereocenters. The van der Waals surface area contributed by atoms with Crippen molar-refractivity contribution in [2.24, 2.45) is 0 Å². The van der Waals surface area contributed by atoms with Gasteiger partial charge in [0, 0.05) is 11.8 Å². The second-order valence-electron chi connectivity index (χ2n) is 6.82. The van der Waals surface area contributed by atoms with E-state index in [1.165, 1.54) is 30.9 Å². The first-order valence-electron chi connectivity index (χ1n) is 7.84. The van der Waals surface area contributed by atoms with Gasteiger partial charge in [0.15, 0.2) is 5.54 Å². The molecule has 0 atom stereocenters. The number of carbonyl (C=O) groups excluding carboxylic acids is 1. The number of carbonyl (C=O) groups is 2. The molecule has 2 aromatic rings. The zero-order chi connectivity index (χ0) is 18.8. The smallest absolute Gasteiger partial charge is 0.331 e. The molecule has 0 fully saturated rings. The van der Waals surface area contributed by atoms with E-state index in [0.717, 1.165) is 5.56 Å². The van der Waals surface area contributed by atoms with Crippen LogP contribution in [0, 0.1) is 0 Å². The number of carboxylic acid groups (broad SMARTS) is 1. The molecule has 134 valence electrons. The lowest BCUT2D eigenvalue weighted by Gasteiger charge is -2.25. The molecule has 0 aliphatic carbocycles. The molecule has 0 radical (unpaired) electrons. The quantitative estimate of drug-likeness (QED) is 0.839. The summed E-state index contributed by atoms with van der Waals surface area (Å²) >= 11 is 0. The molecule has 7 heteroatoms. The normalized spacial score (nSPS) is 11.9. The van der Waals surface area contributed by atoms with Crippen LogP contribution in [0.5, 0.6) is 5.75 Å². The van der Waals surface area contributed by atoms with Crippen LogP contribution in [0.1, 0.15) is 33.3 Å². The Morgan fingerprint density at radius 2 is 1.84 bits per heavy atom. The zero-order valence-electron chi connectivity index (χ0n) is 15.0. The van der Waals surface area contributed by atoms with Crippen LogP contribution in [0.2, 0.25) is 0 Å². The van der Waals surface area contributed by atoms with Crippen LogP contribution in [0.15, 0.2) is 36.7 Å². The number of rotatable bonds is 6. The molecule has 1 aromatic heterocycles. The number of aromatic nitrogens is 2. The number of benzene rings is 1. The number of nitrogens with one attached hydrogen (secondary N) is 1. The highest BCUT2D eigenvalue weighted by Gasteiger charge is 2.34. The maximum absolute atomic E-state index is 12.8. The van der Waals surface area contributed by atoms with Crippen LogP contribution in [-0.4, -0.2) is 33.9 Å². The number of nitrogens with zero attached hydrogens (tertiary/aromatic N) is 2. The highest BCUT2D eigenvalue weighted by molar-refractivity contribution is 5.98. The van der Waals surface area contributed by atoms with E-state index >= 15 is 0 Å². The number of methoxy groups -OCH3 is 1. The van der Waals surface area contributed by atoms with Crippen molar-refractivity contribution in [3.05, 3.63) is 42.2 Å². The predicted octanol–water partition coefficient (Wildman–Crippen LogP) is 2.63. The highest BCUT2D eigenvalue weighted by Crippen LogP contribution is 2.32. The number of amides is 1. The molecule has 0 bridgehead atoms. The van der Waals surface area contributed by atoms with Crippen LogP contribution in [0.25, 0.3) is 0 Å². The zero-order valence-corrected chi connectivity index (χ0v) is 15.0. The molecule has 2 N–H and O–H groups in total. The molecule has 2 rings (SSSR count). The predicted molar refractivity (Wildman–Crippen MR) is 93.8 cm³/mol. The number of hydrogen-bond acceptors (Lipinski definition) is 4. The first kappa shape index (κ1) is 18.5. The summed E-state index contributed by atoms with van der Waals surface area (Å²) in [6, 6.07) is 7.34. The Morgan fingerprint density at radius 1 is 1.20 bits per heavy atom. The van der Waals surface area contributed by atoms with Gasteiger partial charge in [0.05, 0.1) is 24.4 Å². The van der Waals surface area contributed by atoms with Gasteiger partial charge in [-0.3, -0.25) is 9.48 Å². The highest BCUT2D eigenvalue weighted by atomic mass is 16.5. The van der Waals surface area contributed by atoms with Crippen molar-refractivity contribution in [3.8, 4) is 5.75 Å². The van der Waals surface area contributed by atoms with Crippen LogP contribution >= 0.6 is 0 Å². The monoisotopic (exact) mass is 345 g/mol. The fraction of sp³-hybridized carbons (Fsp3) is 0.389. The molecule has 0 spiro atoms. The summed E-state index contributed by atoms with van der Waals surface area (Å²) in [4.78, 5) is 24.1. The van der Waals surface area contributed by atoms with Gasteiger partial charge in [-0.15, -0.1) is 0 Å². The van der Waals surface area contributed by atoms with Crippen LogP contribution in [0.4, 0.5) is 5.69 Å². The second kappa shape index (κ2) is 6.58. The van der Waals surface area contributed by atoms with Crippen molar-refractivity contribution in [3.63, 3.8) is 0 Å². The molecule has 1 heterocycles. The number of para-hydroxylation sites is 1. The van der Waals surface area contributed by atoms with Gasteiger partial charge < -0.3 is 15.2 Å². The molecular formula is C18H23N3O4. The summed E-state index contributed by atoms with van der Waals surface area (Å²) in [5.41, 5.74) is -0.867. The molecule has 0 aliphatic rings. The van der Waals surface area contributed by atoms with Crippen LogP contribution in [-0.2, 0) is 20.5 Å². The number of hydrogen-bond donors (Lipinski definition) is 2.